The highest BCUT2D eigenvalue weighted by molar-refractivity contribution is 8.26. The zero-order valence-electron chi connectivity index (χ0n) is 17.6. The molecule has 2 heterocycles. The van der Waals surface area contributed by atoms with Gasteiger partial charge in [-0.05, 0) is 63.2 Å². The smallest absolute Gasteiger partial charge is 0.266 e. The van der Waals surface area contributed by atoms with Crippen molar-refractivity contribution in [2.24, 2.45) is 0 Å². The van der Waals surface area contributed by atoms with Gasteiger partial charge < -0.3 is 4.74 Å². The van der Waals surface area contributed by atoms with E-state index in [0.717, 1.165) is 28.3 Å². The van der Waals surface area contributed by atoms with Gasteiger partial charge in [0.15, 0.2) is 0 Å². The van der Waals surface area contributed by atoms with E-state index in [1.54, 1.807) is 4.90 Å². The molecule has 0 saturated carbocycles. The molecule has 5 nitrogen and oxygen atoms in total. The van der Waals surface area contributed by atoms with Gasteiger partial charge in [-0.2, -0.15) is 5.10 Å². The molecule has 158 valence electrons. The van der Waals surface area contributed by atoms with Crippen molar-refractivity contribution in [1.82, 2.24) is 14.7 Å². The van der Waals surface area contributed by atoms with Gasteiger partial charge in [0.05, 0.1) is 22.9 Å². The van der Waals surface area contributed by atoms with E-state index < -0.39 is 0 Å². The molecule has 31 heavy (non-hydrogen) atoms. The molecule has 0 atom stereocenters. The molecular formula is C24H23N3O2S2. The van der Waals surface area contributed by atoms with E-state index in [0.29, 0.717) is 15.8 Å². The van der Waals surface area contributed by atoms with Crippen LogP contribution in [0.25, 0.3) is 23.0 Å². The Balaban J connectivity index is 1.78. The number of carbonyl (C=O) groups is 1. The molecule has 1 aromatic heterocycles. The van der Waals surface area contributed by atoms with Crippen LogP contribution >= 0.6 is 24.0 Å². The minimum absolute atomic E-state index is 0.0241. The summed E-state index contributed by atoms with van der Waals surface area (Å²) in [5, 5.41) is 4.83. The van der Waals surface area contributed by atoms with E-state index in [9.17, 15) is 4.79 Å². The second kappa shape index (κ2) is 9.08. The van der Waals surface area contributed by atoms with Crippen molar-refractivity contribution in [3.05, 3.63) is 71.3 Å². The van der Waals surface area contributed by atoms with Gasteiger partial charge in [0.25, 0.3) is 5.91 Å². The summed E-state index contributed by atoms with van der Waals surface area (Å²) >= 11 is 6.76. The van der Waals surface area contributed by atoms with E-state index in [4.69, 9.17) is 22.1 Å². The molecule has 0 unspecified atom stereocenters. The standard InChI is InChI=1S/C24H23N3O2S2/c1-4-29-20-12-10-17(11-13-20)22-18(15-26(25-22)19-8-6-5-7-9-19)14-21-23(28)27(16(2)3)24(30)31-21/h5-16H,4H2,1-3H3/b21-14+. The van der Waals surface area contributed by atoms with E-state index in [1.807, 2.05) is 92.3 Å². The Hall–Kier alpha value is -2.90. The highest BCUT2D eigenvalue weighted by Gasteiger charge is 2.34. The van der Waals surface area contributed by atoms with Crippen LogP contribution in [0.3, 0.4) is 0 Å². The summed E-state index contributed by atoms with van der Waals surface area (Å²) in [5.41, 5.74) is 3.55. The average Bonchev–Trinajstić information content (AvgIpc) is 3.30. The van der Waals surface area contributed by atoms with E-state index in [-0.39, 0.29) is 11.9 Å². The van der Waals surface area contributed by atoms with E-state index in [1.165, 1.54) is 11.8 Å². The molecule has 1 aliphatic rings. The third-order valence-electron chi connectivity index (χ3n) is 4.83. The van der Waals surface area contributed by atoms with Gasteiger partial charge in [-0.25, -0.2) is 4.68 Å². The number of amides is 1. The van der Waals surface area contributed by atoms with Crippen LogP contribution in [-0.2, 0) is 4.79 Å². The predicted molar refractivity (Wildman–Crippen MR) is 130 cm³/mol. The van der Waals surface area contributed by atoms with Gasteiger partial charge in [-0.15, -0.1) is 0 Å². The van der Waals surface area contributed by atoms with Crippen molar-refractivity contribution in [2.45, 2.75) is 26.8 Å². The number of thioether (sulfide) groups is 1. The summed E-state index contributed by atoms with van der Waals surface area (Å²) in [6.07, 6.45) is 3.84. The van der Waals surface area contributed by atoms with Crippen LogP contribution in [0.15, 0.2) is 65.7 Å². The number of carbonyl (C=O) groups excluding carboxylic acids is 1. The second-order valence-corrected chi connectivity index (χ2v) is 8.99. The van der Waals surface area contributed by atoms with Crippen molar-refractivity contribution in [3.8, 4) is 22.7 Å². The lowest BCUT2D eigenvalue weighted by molar-refractivity contribution is -0.123. The maximum atomic E-state index is 12.9. The van der Waals surface area contributed by atoms with Gasteiger partial charge >= 0.3 is 0 Å². The topological polar surface area (TPSA) is 47.4 Å². The molecular weight excluding hydrogens is 426 g/mol. The molecule has 4 rings (SSSR count). The van der Waals surface area contributed by atoms with Gasteiger partial charge in [-0.3, -0.25) is 9.69 Å². The summed E-state index contributed by atoms with van der Waals surface area (Å²) in [6, 6.07) is 17.8. The molecule has 1 saturated heterocycles. The van der Waals surface area contributed by atoms with Crippen molar-refractivity contribution in [2.75, 3.05) is 6.61 Å². The van der Waals surface area contributed by atoms with Gasteiger partial charge in [0.1, 0.15) is 10.1 Å². The average molecular weight is 450 g/mol. The van der Waals surface area contributed by atoms with Crippen molar-refractivity contribution >= 4 is 40.3 Å². The van der Waals surface area contributed by atoms with Crippen LogP contribution in [0.2, 0.25) is 0 Å². The van der Waals surface area contributed by atoms with E-state index >= 15 is 0 Å². The Morgan fingerprint density at radius 2 is 1.84 bits per heavy atom. The lowest BCUT2D eigenvalue weighted by atomic mass is 10.1. The molecule has 1 amide bonds. The predicted octanol–water partition coefficient (Wildman–Crippen LogP) is 5.55. The molecule has 7 heteroatoms. The Morgan fingerprint density at radius 3 is 2.45 bits per heavy atom. The second-order valence-electron chi connectivity index (χ2n) is 7.32. The van der Waals surface area contributed by atoms with Crippen molar-refractivity contribution in [1.29, 1.82) is 0 Å². The number of nitrogens with zero attached hydrogens (tertiary/aromatic N) is 3. The lowest BCUT2D eigenvalue weighted by Crippen LogP contribution is -2.34. The fourth-order valence-corrected chi connectivity index (χ4v) is 4.89. The first-order chi connectivity index (χ1) is 15.0. The maximum Gasteiger partial charge on any atom is 0.266 e. The first-order valence-electron chi connectivity index (χ1n) is 10.1. The number of hydrogen-bond acceptors (Lipinski definition) is 5. The number of thiocarbonyl (C=S) groups is 1. The molecule has 2 aromatic carbocycles. The highest BCUT2D eigenvalue weighted by Crippen LogP contribution is 2.36. The van der Waals surface area contributed by atoms with Crippen molar-refractivity contribution < 1.29 is 9.53 Å². The summed E-state index contributed by atoms with van der Waals surface area (Å²) in [5.74, 6) is 0.753. The van der Waals surface area contributed by atoms with Gasteiger partial charge in [0.2, 0.25) is 0 Å². The highest BCUT2D eigenvalue weighted by atomic mass is 32.2. The van der Waals surface area contributed by atoms with Crippen LogP contribution in [0.1, 0.15) is 26.3 Å². The minimum Gasteiger partial charge on any atom is -0.494 e. The third-order valence-corrected chi connectivity index (χ3v) is 6.16. The zero-order chi connectivity index (χ0) is 22.0. The summed E-state index contributed by atoms with van der Waals surface area (Å²) in [7, 11) is 0. The monoisotopic (exact) mass is 449 g/mol. The van der Waals surface area contributed by atoms with Crippen LogP contribution in [0.4, 0.5) is 0 Å². The van der Waals surface area contributed by atoms with Crippen LogP contribution in [0.5, 0.6) is 5.75 Å². The first kappa shape index (κ1) is 21.3. The minimum atomic E-state index is -0.0601. The fourth-order valence-electron chi connectivity index (χ4n) is 3.37. The quantitative estimate of drug-likeness (QED) is 0.365. The summed E-state index contributed by atoms with van der Waals surface area (Å²) in [6.45, 7) is 6.50. The van der Waals surface area contributed by atoms with Crippen molar-refractivity contribution in [3.63, 3.8) is 0 Å². The van der Waals surface area contributed by atoms with E-state index in [2.05, 4.69) is 0 Å². The Morgan fingerprint density at radius 1 is 1.13 bits per heavy atom. The van der Waals surface area contributed by atoms with Gasteiger partial charge in [-0.1, -0.05) is 42.2 Å². The first-order valence-corrected chi connectivity index (χ1v) is 11.4. The number of rotatable bonds is 6. The molecule has 0 radical (unpaired) electrons. The summed E-state index contributed by atoms with van der Waals surface area (Å²) < 4.78 is 7.99. The number of aromatic nitrogens is 2. The molecule has 3 aromatic rings. The van der Waals surface area contributed by atoms with Crippen LogP contribution in [-0.4, -0.2) is 37.6 Å². The molecule has 1 fully saturated rings. The lowest BCUT2D eigenvalue weighted by Gasteiger charge is -2.18. The SMILES string of the molecule is CCOc1ccc(-c2nn(-c3ccccc3)cc2/C=C2/SC(=S)N(C(C)C)C2=O)cc1. The fraction of sp³-hybridized carbons (Fsp3) is 0.208. The number of para-hydroxylation sites is 1. The Labute approximate surface area is 191 Å². The normalized spacial score (nSPS) is 15.4. The molecule has 0 N–H and O–H groups in total. The third kappa shape index (κ3) is 4.43. The number of ether oxygens (including phenoxy) is 1. The molecule has 0 bridgehead atoms. The number of benzene rings is 2. The Kier molecular flexibility index (Phi) is 6.25. The maximum absolute atomic E-state index is 12.9. The van der Waals surface area contributed by atoms with Crippen LogP contribution < -0.4 is 4.74 Å². The molecule has 0 aliphatic carbocycles. The number of hydrogen-bond donors (Lipinski definition) is 0. The summed E-state index contributed by atoms with van der Waals surface area (Å²) in [4.78, 5) is 15.2. The Bertz CT molecular complexity index is 1140. The molecule has 0 spiro atoms. The largest absolute Gasteiger partial charge is 0.494 e. The van der Waals surface area contributed by atoms with Gasteiger partial charge in [0, 0.05) is 23.4 Å². The molecule has 1 aliphatic heterocycles. The van der Waals surface area contributed by atoms with Crippen LogP contribution in [0, 0.1) is 0 Å². The zero-order valence-corrected chi connectivity index (χ0v) is 19.2.